The summed E-state index contributed by atoms with van der Waals surface area (Å²) in [5.41, 5.74) is -0.0721. The maximum absolute atomic E-state index is 11.2. The molecule has 0 unspecified atom stereocenters. The van der Waals surface area contributed by atoms with Crippen LogP contribution in [-0.4, -0.2) is 29.1 Å². The summed E-state index contributed by atoms with van der Waals surface area (Å²) in [5.74, 6) is -2.77. The Morgan fingerprint density at radius 1 is 1.40 bits per heavy atom. The molecule has 1 aromatic rings. The smallest absolute Gasteiger partial charge is 0.377 e. The number of methoxy groups -OCH3 is 1. The molecule has 80 valence electrons. The Kier molecular flexibility index (Phi) is 3.31. The third-order valence-electron chi connectivity index (χ3n) is 1.71. The normalized spacial score (nSPS) is 9.73. The molecule has 0 aliphatic carbocycles. The van der Waals surface area contributed by atoms with E-state index in [1.54, 1.807) is 0 Å². The molecular formula is C9H7BrO5. The van der Waals surface area contributed by atoms with Gasteiger partial charge in [0.15, 0.2) is 11.5 Å². The largest absolute Gasteiger partial charge is 0.504 e. The van der Waals surface area contributed by atoms with Crippen LogP contribution in [0.25, 0.3) is 0 Å². The molecule has 0 aliphatic heterocycles. The Balaban J connectivity index is 3.30. The van der Waals surface area contributed by atoms with Crippen LogP contribution in [0.1, 0.15) is 10.4 Å². The van der Waals surface area contributed by atoms with Gasteiger partial charge in [-0.2, -0.15) is 0 Å². The van der Waals surface area contributed by atoms with Crippen LogP contribution in [0.15, 0.2) is 16.6 Å². The first-order chi connectivity index (χ1) is 6.97. The van der Waals surface area contributed by atoms with Gasteiger partial charge in [-0.15, -0.1) is 0 Å². The number of aromatic hydroxyl groups is 1. The molecule has 0 radical (unpaired) electrons. The number of phenols is 1. The lowest BCUT2D eigenvalue weighted by atomic mass is 10.1. The van der Waals surface area contributed by atoms with E-state index in [2.05, 4.69) is 15.9 Å². The second kappa shape index (κ2) is 4.31. The van der Waals surface area contributed by atoms with Crippen molar-refractivity contribution in [3.05, 3.63) is 22.2 Å². The van der Waals surface area contributed by atoms with Crippen molar-refractivity contribution >= 4 is 27.7 Å². The molecule has 0 saturated heterocycles. The Morgan fingerprint density at radius 3 is 2.47 bits per heavy atom. The molecule has 0 atom stereocenters. The molecule has 1 aromatic carbocycles. The molecule has 0 aliphatic rings. The predicted octanol–water partition coefficient (Wildman–Crippen LogP) is 1.43. The van der Waals surface area contributed by atoms with Crippen LogP contribution in [0.2, 0.25) is 0 Å². The Bertz CT molecular complexity index is 427. The van der Waals surface area contributed by atoms with Crippen molar-refractivity contribution in [3.8, 4) is 11.5 Å². The van der Waals surface area contributed by atoms with Crippen LogP contribution < -0.4 is 4.74 Å². The van der Waals surface area contributed by atoms with Crippen molar-refractivity contribution in [1.82, 2.24) is 0 Å². The molecule has 0 amide bonds. The van der Waals surface area contributed by atoms with E-state index in [1.807, 2.05) is 0 Å². The summed E-state index contributed by atoms with van der Waals surface area (Å²) >= 11 is 2.98. The number of Topliss-reactive ketones (excluding diaryl/α,β-unsaturated/α-hetero) is 1. The fourth-order valence-corrected chi connectivity index (χ4v) is 1.51. The van der Waals surface area contributed by atoms with Gasteiger partial charge < -0.3 is 14.9 Å². The van der Waals surface area contributed by atoms with Gasteiger partial charge in [0.2, 0.25) is 0 Å². The predicted molar refractivity (Wildman–Crippen MR) is 54.3 cm³/mol. The number of carbonyl (C=O) groups is 2. The SMILES string of the molecule is COc1cc(C(=O)C(=O)O)c(Br)cc1O. The Morgan fingerprint density at radius 2 is 2.00 bits per heavy atom. The van der Waals surface area contributed by atoms with Gasteiger partial charge in [-0.25, -0.2) is 4.79 Å². The zero-order chi connectivity index (χ0) is 11.6. The van der Waals surface area contributed by atoms with Crippen LogP contribution in [0.5, 0.6) is 11.5 Å². The minimum atomic E-state index is -1.57. The number of rotatable bonds is 3. The highest BCUT2D eigenvalue weighted by molar-refractivity contribution is 9.10. The molecule has 6 heteroatoms. The summed E-state index contributed by atoms with van der Waals surface area (Å²) in [5, 5.41) is 17.8. The topological polar surface area (TPSA) is 83.8 Å². The van der Waals surface area contributed by atoms with Crippen molar-refractivity contribution in [1.29, 1.82) is 0 Å². The molecule has 0 bridgehead atoms. The van der Waals surface area contributed by atoms with Gasteiger partial charge in [0, 0.05) is 10.0 Å². The van der Waals surface area contributed by atoms with E-state index in [0.29, 0.717) is 0 Å². The molecule has 1 rings (SSSR count). The first-order valence-corrected chi connectivity index (χ1v) is 4.60. The number of phenolic OH excluding ortho intramolecular Hbond substituents is 1. The van der Waals surface area contributed by atoms with Gasteiger partial charge >= 0.3 is 5.97 Å². The van der Waals surface area contributed by atoms with Gasteiger partial charge in [0.05, 0.1) is 7.11 Å². The Hall–Kier alpha value is -1.56. The van der Waals surface area contributed by atoms with Crippen LogP contribution in [0.4, 0.5) is 0 Å². The van der Waals surface area contributed by atoms with Gasteiger partial charge in [0.1, 0.15) is 0 Å². The van der Waals surface area contributed by atoms with Crippen LogP contribution in [0.3, 0.4) is 0 Å². The van der Waals surface area contributed by atoms with E-state index >= 15 is 0 Å². The number of carbonyl (C=O) groups excluding carboxylic acids is 1. The average molecular weight is 275 g/mol. The fraction of sp³-hybridized carbons (Fsp3) is 0.111. The number of ether oxygens (including phenoxy) is 1. The standard InChI is InChI=1S/C9H7BrO5/c1-15-7-2-4(8(12)9(13)14)5(10)3-6(7)11/h2-3,11H,1H3,(H,13,14). The van der Waals surface area contributed by atoms with Crippen molar-refractivity contribution in [2.75, 3.05) is 7.11 Å². The maximum atomic E-state index is 11.2. The lowest BCUT2D eigenvalue weighted by molar-refractivity contribution is -0.131. The molecule has 0 aromatic heterocycles. The minimum Gasteiger partial charge on any atom is -0.504 e. The summed E-state index contributed by atoms with van der Waals surface area (Å²) in [6, 6.07) is 2.37. The van der Waals surface area contributed by atoms with Crippen molar-refractivity contribution < 1.29 is 24.5 Å². The van der Waals surface area contributed by atoms with E-state index in [-0.39, 0.29) is 21.5 Å². The van der Waals surface area contributed by atoms with E-state index in [9.17, 15) is 14.7 Å². The fourth-order valence-electron chi connectivity index (χ4n) is 0.996. The summed E-state index contributed by atoms with van der Waals surface area (Å²) in [6.07, 6.45) is 0. The highest BCUT2D eigenvalue weighted by atomic mass is 79.9. The number of carboxylic acid groups (broad SMARTS) is 1. The molecule has 0 heterocycles. The molecule has 5 nitrogen and oxygen atoms in total. The second-order valence-electron chi connectivity index (χ2n) is 2.64. The average Bonchev–Trinajstić information content (AvgIpc) is 2.17. The monoisotopic (exact) mass is 274 g/mol. The third kappa shape index (κ3) is 2.27. The second-order valence-corrected chi connectivity index (χ2v) is 3.49. The first kappa shape index (κ1) is 11.5. The number of hydrogen-bond acceptors (Lipinski definition) is 4. The summed E-state index contributed by atoms with van der Waals surface area (Å²) < 4.78 is 4.96. The third-order valence-corrected chi connectivity index (χ3v) is 2.36. The van der Waals surface area contributed by atoms with E-state index in [4.69, 9.17) is 9.84 Å². The number of carboxylic acids is 1. The lowest BCUT2D eigenvalue weighted by Gasteiger charge is -2.06. The molecule has 0 spiro atoms. The number of ketones is 1. The van der Waals surface area contributed by atoms with E-state index in [1.165, 1.54) is 13.2 Å². The van der Waals surface area contributed by atoms with Gasteiger partial charge in [-0.3, -0.25) is 4.79 Å². The van der Waals surface area contributed by atoms with Crippen molar-refractivity contribution in [2.45, 2.75) is 0 Å². The van der Waals surface area contributed by atoms with Crippen molar-refractivity contribution in [3.63, 3.8) is 0 Å². The van der Waals surface area contributed by atoms with Crippen LogP contribution >= 0.6 is 15.9 Å². The van der Waals surface area contributed by atoms with Gasteiger partial charge in [0.25, 0.3) is 5.78 Å². The van der Waals surface area contributed by atoms with Gasteiger partial charge in [-0.1, -0.05) is 0 Å². The van der Waals surface area contributed by atoms with E-state index in [0.717, 1.165) is 6.07 Å². The summed E-state index contributed by atoms with van der Waals surface area (Å²) in [4.78, 5) is 21.6. The molecule has 0 saturated carbocycles. The summed E-state index contributed by atoms with van der Waals surface area (Å²) in [7, 11) is 1.30. The van der Waals surface area contributed by atoms with Crippen LogP contribution in [0, 0.1) is 0 Å². The number of halogens is 1. The maximum Gasteiger partial charge on any atom is 0.377 e. The number of hydrogen-bond donors (Lipinski definition) is 2. The zero-order valence-corrected chi connectivity index (χ0v) is 9.24. The first-order valence-electron chi connectivity index (χ1n) is 3.81. The number of benzene rings is 1. The molecule has 2 N–H and O–H groups in total. The molecule has 0 fully saturated rings. The highest BCUT2D eigenvalue weighted by Crippen LogP contribution is 2.32. The quantitative estimate of drug-likeness (QED) is 0.644. The molecular weight excluding hydrogens is 268 g/mol. The summed E-state index contributed by atoms with van der Waals surface area (Å²) in [6.45, 7) is 0. The van der Waals surface area contributed by atoms with Crippen LogP contribution in [-0.2, 0) is 4.79 Å². The molecule has 15 heavy (non-hydrogen) atoms. The van der Waals surface area contributed by atoms with E-state index < -0.39 is 11.8 Å². The highest BCUT2D eigenvalue weighted by Gasteiger charge is 2.20. The number of aliphatic carboxylic acids is 1. The minimum absolute atomic E-state index is 0.0443. The zero-order valence-electron chi connectivity index (χ0n) is 7.65. The lowest BCUT2D eigenvalue weighted by Crippen LogP contribution is -2.13. The van der Waals surface area contributed by atoms with Crippen molar-refractivity contribution in [2.24, 2.45) is 0 Å². The van der Waals surface area contributed by atoms with Gasteiger partial charge in [-0.05, 0) is 28.1 Å². The Labute approximate surface area is 93.4 Å².